The Hall–Kier alpha value is 0.100. The summed E-state index contributed by atoms with van der Waals surface area (Å²) in [5, 5.41) is 9.06. The van der Waals surface area contributed by atoms with Crippen molar-refractivity contribution in [3.05, 3.63) is 20.3 Å². The van der Waals surface area contributed by atoms with E-state index >= 15 is 0 Å². The molecular weight excluding hydrogens is 286 g/mol. The van der Waals surface area contributed by atoms with E-state index < -0.39 is 0 Å². The number of aliphatic hydroxyl groups is 1. The molecule has 1 aliphatic carbocycles. The molecule has 1 heterocycles. The zero-order valence-corrected chi connectivity index (χ0v) is 12.0. The molecule has 0 aliphatic heterocycles. The molecule has 0 atom stereocenters. The second-order valence-electron chi connectivity index (χ2n) is 4.57. The van der Waals surface area contributed by atoms with Crippen molar-refractivity contribution in [3.8, 4) is 0 Å². The molecule has 1 saturated carbocycles. The number of thiophene rings is 1. The standard InChI is InChI=1S/C12H18BrNOS/c1-9-6-11(16-12(9)13)8-14(4-5-15)7-10-2-3-10/h6,10,15H,2-5,7-8H2,1H3. The first-order chi connectivity index (χ1) is 7.69. The van der Waals surface area contributed by atoms with Gasteiger partial charge in [0.25, 0.3) is 0 Å². The average Bonchev–Trinajstić information content (AvgIpc) is 2.96. The minimum Gasteiger partial charge on any atom is -0.395 e. The summed E-state index contributed by atoms with van der Waals surface area (Å²) in [6.07, 6.45) is 2.74. The van der Waals surface area contributed by atoms with E-state index in [0.717, 1.165) is 25.6 Å². The lowest BCUT2D eigenvalue weighted by molar-refractivity contribution is 0.186. The molecule has 1 fully saturated rings. The van der Waals surface area contributed by atoms with Crippen LogP contribution in [-0.4, -0.2) is 29.7 Å². The van der Waals surface area contributed by atoms with Gasteiger partial charge in [0, 0.05) is 24.5 Å². The minimum absolute atomic E-state index is 0.262. The molecule has 1 aromatic heterocycles. The Morgan fingerprint density at radius 1 is 1.56 bits per heavy atom. The Morgan fingerprint density at radius 3 is 2.81 bits per heavy atom. The van der Waals surface area contributed by atoms with Crippen molar-refractivity contribution >= 4 is 27.3 Å². The van der Waals surface area contributed by atoms with Gasteiger partial charge < -0.3 is 5.11 Å². The van der Waals surface area contributed by atoms with Crippen LogP contribution in [0.15, 0.2) is 9.85 Å². The molecule has 0 aromatic carbocycles. The molecule has 0 bridgehead atoms. The van der Waals surface area contributed by atoms with Crippen molar-refractivity contribution in [1.29, 1.82) is 0 Å². The topological polar surface area (TPSA) is 23.5 Å². The second-order valence-corrected chi connectivity index (χ2v) is 7.03. The predicted octanol–water partition coefficient (Wildman–Crippen LogP) is 3.02. The zero-order valence-electron chi connectivity index (χ0n) is 9.58. The first-order valence-corrected chi connectivity index (χ1v) is 7.38. The van der Waals surface area contributed by atoms with Gasteiger partial charge in [-0.2, -0.15) is 0 Å². The summed E-state index contributed by atoms with van der Waals surface area (Å²) in [5.74, 6) is 0.885. The molecule has 0 spiro atoms. The van der Waals surface area contributed by atoms with Gasteiger partial charge in [-0.1, -0.05) is 0 Å². The molecule has 0 radical (unpaired) electrons. The Labute approximate surface area is 109 Å². The van der Waals surface area contributed by atoms with E-state index in [1.807, 2.05) is 11.3 Å². The lowest BCUT2D eigenvalue weighted by Gasteiger charge is -2.20. The minimum atomic E-state index is 0.262. The van der Waals surface area contributed by atoms with Gasteiger partial charge in [-0.05, 0) is 53.2 Å². The summed E-state index contributed by atoms with van der Waals surface area (Å²) < 4.78 is 1.23. The largest absolute Gasteiger partial charge is 0.395 e. The molecule has 1 N–H and O–H groups in total. The highest BCUT2D eigenvalue weighted by molar-refractivity contribution is 9.11. The number of hydrogen-bond acceptors (Lipinski definition) is 3. The van der Waals surface area contributed by atoms with Gasteiger partial charge in [-0.15, -0.1) is 11.3 Å². The summed E-state index contributed by atoms with van der Waals surface area (Å²) in [6, 6.07) is 2.24. The van der Waals surface area contributed by atoms with Crippen LogP contribution in [0.1, 0.15) is 23.3 Å². The lowest BCUT2D eigenvalue weighted by Crippen LogP contribution is -2.28. The van der Waals surface area contributed by atoms with Crippen molar-refractivity contribution in [2.24, 2.45) is 5.92 Å². The van der Waals surface area contributed by atoms with E-state index in [0.29, 0.717) is 0 Å². The van der Waals surface area contributed by atoms with Crippen molar-refractivity contribution in [2.75, 3.05) is 19.7 Å². The fourth-order valence-corrected chi connectivity index (χ4v) is 3.53. The molecule has 4 heteroatoms. The van der Waals surface area contributed by atoms with E-state index in [4.69, 9.17) is 5.11 Å². The summed E-state index contributed by atoms with van der Waals surface area (Å²) in [7, 11) is 0. The van der Waals surface area contributed by atoms with Gasteiger partial charge in [0.05, 0.1) is 10.4 Å². The quantitative estimate of drug-likeness (QED) is 0.873. The van der Waals surface area contributed by atoms with Crippen molar-refractivity contribution in [2.45, 2.75) is 26.3 Å². The fraction of sp³-hybridized carbons (Fsp3) is 0.667. The molecule has 1 aromatic rings. The Kier molecular flexibility index (Phi) is 4.41. The number of nitrogens with zero attached hydrogens (tertiary/aromatic N) is 1. The second kappa shape index (κ2) is 5.63. The van der Waals surface area contributed by atoms with Gasteiger partial charge in [-0.25, -0.2) is 0 Å². The van der Waals surface area contributed by atoms with E-state index in [9.17, 15) is 0 Å². The first-order valence-electron chi connectivity index (χ1n) is 5.77. The highest BCUT2D eigenvalue weighted by atomic mass is 79.9. The summed E-state index contributed by atoms with van der Waals surface area (Å²) in [4.78, 5) is 3.76. The molecule has 2 rings (SSSR count). The Morgan fingerprint density at radius 2 is 2.31 bits per heavy atom. The number of aliphatic hydroxyl groups excluding tert-OH is 1. The van der Waals surface area contributed by atoms with Crippen LogP contribution in [0.3, 0.4) is 0 Å². The highest BCUT2D eigenvalue weighted by Crippen LogP contribution is 2.32. The van der Waals surface area contributed by atoms with Crippen LogP contribution in [0.4, 0.5) is 0 Å². The van der Waals surface area contributed by atoms with Crippen LogP contribution < -0.4 is 0 Å². The SMILES string of the molecule is Cc1cc(CN(CCO)CC2CC2)sc1Br. The summed E-state index contributed by atoms with van der Waals surface area (Å²) in [5.41, 5.74) is 1.32. The third-order valence-corrected chi connectivity index (χ3v) is 5.04. The maximum Gasteiger partial charge on any atom is 0.0730 e. The van der Waals surface area contributed by atoms with E-state index in [1.54, 1.807) is 0 Å². The van der Waals surface area contributed by atoms with Crippen LogP contribution in [0.5, 0.6) is 0 Å². The van der Waals surface area contributed by atoms with Crippen molar-refractivity contribution in [1.82, 2.24) is 4.90 Å². The van der Waals surface area contributed by atoms with E-state index in [-0.39, 0.29) is 6.61 Å². The van der Waals surface area contributed by atoms with Gasteiger partial charge in [0.2, 0.25) is 0 Å². The summed E-state index contributed by atoms with van der Waals surface area (Å²) >= 11 is 5.37. The van der Waals surface area contributed by atoms with Crippen LogP contribution in [0, 0.1) is 12.8 Å². The van der Waals surface area contributed by atoms with Crippen LogP contribution in [0.2, 0.25) is 0 Å². The zero-order chi connectivity index (χ0) is 11.5. The molecule has 16 heavy (non-hydrogen) atoms. The summed E-state index contributed by atoms with van der Waals surface area (Å²) in [6.45, 7) is 5.31. The Bertz CT molecular complexity index is 329. The molecule has 1 aliphatic rings. The normalized spacial score (nSPS) is 16.0. The fourth-order valence-electron chi connectivity index (χ4n) is 1.86. The molecule has 0 saturated heterocycles. The molecule has 90 valence electrons. The molecule has 0 unspecified atom stereocenters. The number of aryl methyl sites for hydroxylation is 1. The third kappa shape index (κ3) is 3.55. The molecular formula is C12H18BrNOS. The van der Waals surface area contributed by atoms with Gasteiger partial charge in [-0.3, -0.25) is 4.90 Å². The van der Waals surface area contributed by atoms with Crippen LogP contribution in [0.25, 0.3) is 0 Å². The highest BCUT2D eigenvalue weighted by Gasteiger charge is 2.24. The molecule has 2 nitrogen and oxygen atoms in total. The van der Waals surface area contributed by atoms with Crippen molar-refractivity contribution < 1.29 is 5.11 Å². The number of rotatable bonds is 6. The number of halogens is 1. The van der Waals surface area contributed by atoms with Gasteiger partial charge in [0.15, 0.2) is 0 Å². The predicted molar refractivity (Wildman–Crippen MR) is 71.8 cm³/mol. The number of hydrogen-bond donors (Lipinski definition) is 1. The van der Waals surface area contributed by atoms with Gasteiger partial charge >= 0.3 is 0 Å². The van der Waals surface area contributed by atoms with Crippen molar-refractivity contribution in [3.63, 3.8) is 0 Å². The average molecular weight is 304 g/mol. The third-order valence-electron chi connectivity index (χ3n) is 2.92. The van der Waals surface area contributed by atoms with Crippen LogP contribution in [-0.2, 0) is 6.54 Å². The van der Waals surface area contributed by atoms with Gasteiger partial charge in [0.1, 0.15) is 0 Å². The van der Waals surface area contributed by atoms with Crippen LogP contribution >= 0.6 is 27.3 Å². The molecule has 0 amide bonds. The monoisotopic (exact) mass is 303 g/mol. The van der Waals surface area contributed by atoms with E-state index in [1.165, 1.54) is 27.1 Å². The smallest absolute Gasteiger partial charge is 0.0730 e. The Balaban J connectivity index is 1.92. The maximum atomic E-state index is 9.06. The van der Waals surface area contributed by atoms with E-state index in [2.05, 4.69) is 33.8 Å². The first kappa shape index (κ1) is 12.6. The lowest BCUT2D eigenvalue weighted by atomic mass is 10.3. The maximum absolute atomic E-state index is 9.06.